The van der Waals surface area contributed by atoms with Gasteiger partial charge in [0, 0.05) is 6.54 Å². The summed E-state index contributed by atoms with van der Waals surface area (Å²) in [5, 5.41) is 8.62. The van der Waals surface area contributed by atoms with E-state index in [1.54, 1.807) is 24.3 Å². The third-order valence-electron chi connectivity index (χ3n) is 2.94. The van der Waals surface area contributed by atoms with Gasteiger partial charge in [0.2, 0.25) is 0 Å². The van der Waals surface area contributed by atoms with Crippen LogP contribution < -0.4 is 10.5 Å². The maximum atomic E-state index is 12.9. The van der Waals surface area contributed by atoms with Crippen molar-refractivity contribution >= 4 is 0 Å². The van der Waals surface area contributed by atoms with Crippen molar-refractivity contribution < 1.29 is 9.13 Å². The van der Waals surface area contributed by atoms with Gasteiger partial charge in [-0.05, 0) is 35.4 Å². The lowest BCUT2D eigenvalue weighted by atomic mass is 10.1. The van der Waals surface area contributed by atoms with E-state index in [9.17, 15) is 4.39 Å². The summed E-state index contributed by atoms with van der Waals surface area (Å²) < 4.78 is 18.7. The highest BCUT2D eigenvalue weighted by Gasteiger charge is 2.11. The standard InChI is InChI=1S/C16H15FN2O/c17-14-5-3-13(4-6-14)16(11-19)20-15-7-1-12(2-8-15)9-10-18/h1-8,16H,9,11,19H2. The summed E-state index contributed by atoms with van der Waals surface area (Å²) in [7, 11) is 0. The van der Waals surface area contributed by atoms with Gasteiger partial charge >= 0.3 is 0 Å². The highest BCUT2D eigenvalue weighted by Crippen LogP contribution is 2.22. The summed E-state index contributed by atoms with van der Waals surface area (Å²) in [4.78, 5) is 0. The van der Waals surface area contributed by atoms with Gasteiger partial charge in [-0.15, -0.1) is 0 Å². The zero-order valence-corrected chi connectivity index (χ0v) is 10.9. The maximum absolute atomic E-state index is 12.9. The van der Waals surface area contributed by atoms with Crippen LogP contribution in [-0.2, 0) is 6.42 Å². The number of nitrogens with zero attached hydrogens (tertiary/aromatic N) is 1. The third kappa shape index (κ3) is 3.56. The minimum absolute atomic E-state index is 0.287. The van der Waals surface area contributed by atoms with Gasteiger partial charge in [-0.1, -0.05) is 24.3 Å². The molecular weight excluding hydrogens is 255 g/mol. The number of halogens is 1. The first-order valence-electron chi connectivity index (χ1n) is 6.31. The van der Waals surface area contributed by atoms with Gasteiger partial charge in [-0.3, -0.25) is 0 Å². The Morgan fingerprint density at radius 3 is 2.30 bits per heavy atom. The monoisotopic (exact) mass is 270 g/mol. The van der Waals surface area contributed by atoms with Crippen LogP contribution in [0.15, 0.2) is 48.5 Å². The molecule has 1 unspecified atom stereocenters. The van der Waals surface area contributed by atoms with Gasteiger partial charge in [0.15, 0.2) is 0 Å². The van der Waals surface area contributed by atoms with Crippen LogP contribution >= 0.6 is 0 Å². The molecule has 0 fully saturated rings. The first-order chi connectivity index (χ1) is 9.72. The summed E-state index contributed by atoms with van der Waals surface area (Å²) in [6, 6.07) is 15.5. The zero-order valence-electron chi connectivity index (χ0n) is 10.9. The molecule has 2 N–H and O–H groups in total. The van der Waals surface area contributed by atoms with Gasteiger partial charge in [-0.25, -0.2) is 4.39 Å². The number of hydrogen-bond donors (Lipinski definition) is 1. The van der Waals surface area contributed by atoms with Gasteiger partial charge < -0.3 is 10.5 Å². The van der Waals surface area contributed by atoms with Crippen molar-refractivity contribution in [1.82, 2.24) is 0 Å². The van der Waals surface area contributed by atoms with Crippen LogP contribution in [0.4, 0.5) is 4.39 Å². The van der Waals surface area contributed by atoms with Gasteiger partial charge in [0.25, 0.3) is 0 Å². The first kappa shape index (κ1) is 14.0. The van der Waals surface area contributed by atoms with E-state index in [-0.39, 0.29) is 11.9 Å². The molecule has 0 amide bonds. The van der Waals surface area contributed by atoms with Gasteiger partial charge in [-0.2, -0.15) is 5.26 Å². The molecule has 0 aromatic heterocycles. The second-order valence-corrected chi connectivity index (χ2v) is 4.37. The summed E-state index contributed by atoms with van der Waals surface area (Å²) in [6.45, 7) is 0.297. The van der Waals surface area contributed by atoms with E-state index in [2.05, 4.69) is 6.07 Å². The van der Waals surface area contributed by atoms with Crippen molar-refractivity contribution in [1.29, 1.82) is 5.26 Å². The molecule has 1 atom stereocenters. The van der Waals surface area contributed by atoms with Crippen molar-refractivity contribution in [2.45, 2.75) is 12.5 Å². The van der Waals surface area contributed by atoms with Crippen molar-refractivity contribution in [3.8, 4) is 11.8 Å². The zero-order chi connectivity index (χ0) is 14.4. The van der Waals surface area contributed by atoms with Crippen molar-refractivity contribution in [2.75, 3.05) is 6.54 Å². The Kier molecular flexibility index (Phi) is 4.70. The van der Waals surface area contributed by atoms with Crippen LogP contribution in [0.5, 0.6) is 5.75 Å². The normalized spacial score (nSPS) is 11.7. The number of nitrogens with two attached hydrogens (primary N) is 1. The third-order valence-corrected chi connectivity index (χ3v) is 2.94. The van der Waals surface area contributed by atoms with Crippen LogP contribution in [-0.4, -0.2) is 6.54 Å². The summed E-state index contributed by atoms with van der Waals surface area (Å²) in [5.41, 5.74) is 7.47. The number of nitriles is 1. The van der Waals surface area contributed by atoms with E-state index in [1.165, 1.54) is 12.1 Å². The molecule has 4 heteroatoms. The molecule has 20 heavy (non-hydrogen) atoms. The van der Waals surface area contributed by atoms with Crippen molar-refractivity contribution in [3.63, 3.8) is 0 Å². The van der Waals surface area contributed by atoms with Crippen molar-refractivity contribution in [3.05, 3.63) is 65.5 Å². The Morgan fingerprint density at radius 2 is 1.75 bits per heavy atom. The molecule has 2 rings (SSSR count). The van der Waals surface area contributed by atoms with Gasteiger partial charge in [0.1, 0.15) is 17.7 Å². The summed E-state index contributed by atoms with van der Waals surface area (Å²) in [6.07, 6.45) is 0.0517. The Balaban J connectivity index is 2.10. The largest absolute Gasteiger partial charge is 0.484 e. The van der Waals surface area contributed by atoms with E-state index in [4.69, 9.17) is 15.7 Å². The quantitative estimate of drug-likeness (QED) is 0.908. The molecule has 0 aliphatic rings. The SMILES string of the molecule is N#CCc1ccc(OC(CN)c2ccc(F)cc2)cc1. The second kappa shape index (κ2) is 6.69. The Hall–Kier alpha value is -2.38. The predicted octanol–water partition coefficient (Wildman–Crippen LogP) is 2.97. The molecule has 3 nitrogen and oxygen atoms in total. The fourth-order valence-electron chi connectivity index (χ4n) is 1.87. The Bertz CT molecular complexity index is 587. The number of ether oxygens (including phenoxy) is 1. The molecule has 0 aliphatic carbocycles. The summed E-state index contributed by atoms with van der Waals surface area (Å²) in [5.74, 6) is 0.386. The molecule has 2 aromatic carbocycles. The average molecular weight is 270 g/mol. The first-order valence-corrected chi connectivity index (χ1v) is 6.31. The minimum Gasteiger partial charge on any atom is -0.484 e. The maximum Gasteiger partial charge on any atom is 0.136 e. The lowest BCUT2D eigenvalue weighted by molar-refractivity contribution is 0.214. The predicted molar refractivity (Wildman–Crippen MR) is 74.6 cm³/mol. The van der Waals surface area contributed by atoms with Crippen LogP contribution in [0, 0.1) is 17.1 Å². The van der Waals surface area contributed by atoms with E-state index in [1.807, 2.05) is 12.1 Å². The number of hydrogen-bond acceptors (Lipinski definition) is 3. The molecule has 0 heterocycles. The van der Waals surface area contributed by atoms with Gasteiger partial charge in [0.05, 0.1) is 12.5 Å². The van der Waals surface area contributed by atoms with E-state index in [0.717, 1.165) is 11.1 Å². The highest BCUT2D eigenvalue weighted by atomic mass is 19.1. The number of rotatable bonds is 5. The molecule has 0 saturated carbocycles. The lowest BCUT2D eigenvalue weighted by Gasteiger charge is -2.18. The molecule has 0 aliphatic heterocycles. The fourth-order valence-corrected chi connectivity index (χ4v) is 1.87. The average Bonchev–Trinajstić information content (AvgIpc) is 2.48. The van der Waals surface area contributed by atoms with Crippen molar-refractivity contribution in [2.24, 2.45) is 5.73 Å². The molecule has 102 valence electrons. The topological polar surface area (TPSA) is 59.0 Å². The minimum atomic E-state index is -0.322. The molecule has 0 saturated heterocycles. The molecule has 0 radical (unpaired) electrons. The van der Waals surface area contributed by atoms with Crippen LogP contribution in [0.2, 0.25) is 0 Å². The van der Waals surface area contributed by atoms with Crippen LogP contribution in [0.1, 0.15) is 17.2 Å². The molecular formula is C16H15FN2O. The fraction of sp³-hybridized carbons (Fsp3) is 0.188. The molecule has 0 spiro atoms. The molecule has 0 bridgehead atoms. The van der Waals surface area contributed by atoms with Crippen LogP contribution in [0.25, 0.3) is 0 Å². The van der Waals surface area contributed by atoms with Crippen LogP contribution in [0.3, 0.4) is 0 Å². The Labute approximate surface area is 117 Å². The second-order valence-electron chi connectivity index (χ2n) is 4.37. The smallest absolute Gasteiger partial charge is 0.136 e. The van der Waals surface area contributed by atoms with E-state index in [0.29, 0.717) is 18.7 Å². The van der Waals surface area contributed by atoms with E-state index >= 15 is 0 Å². The highest BCUT2D eigenvalue weighted by molar-refractivity contribution is 5.30. The lowest BCUT2D eigenvalue weighted by Crippen LogP contribution is -2.18. The Morgan fingerprint density at radius 1 is 1.10 bits per heavy atom. The van der Waals surface area contributed by atoms with E-state index < -0.39 is 0 Å². The summed E-state index contributed by atoms with van der Waals surface area (Å²) >= 11 is 0. The molecule has 2 aromatic rings. The number of benzene rings is 2.